The molecule has 0 aliphatic carbocycles. The number of carbonyl (C=O) groups excluding carboxylic acids is 2. The van der Waals surface area contributed by atoms with E-state index in [2.05, 4.69) is 43.4 Å². The number of hydrogen-bond acceptors (Lipinski definition) is 6. The van der Waals surface area contributed by atoms with E-state index in [4.69, 9.17) is 9.57 Å². The number of esters is 1. The molecule has 8 heteroatoms. The lowest BCUT2D eigenvalue weighted by Gasteiger charge is -2.44. The van der Waals surface area contributed by atoms with E-state index in [0.717, 1.165) is 43.7 Å². The first kappa shape index (κ1) is 26.4. The number of anilines is 1. The minimum Gasteiger partial charge on any atom is -0.465 e. The average Bonchev–Trinajstić information content (AvgIpc) is 3.70. The molecule has 4 heterocycles. The van der Waals surface area contributed by atoms with Crippen molar-refractivity contribution in [2.45, 2.75) is 42.5 Å². The van der Waals surface area contributed by atoms with Gasteiger partial charge >= 0.3 is 5.97 Å². The summed E-state index contributed by atoms with van der Waals surface area (Å²) in [6.45, 7) is 2.03. The highest BCUT2D eigenvalue weighted by Crippen LogP contribution is 2.67. The third-order valence-corrected chi connectivity index (χ3v) is 9.97. The van der Waals surface area contributed by atoms with Gasteiger partial charge in [0.25, 0.3) is 0 Å². The summed E-state index contributed by atoms with van der Waals surface area (Å²) < 4.78 is 6.72. The molecule has 4 aromatic carbocycles. The smallest absolute Gasteiger partial charge is 0.324 e. The number of rotatable bonds is 4. The van der Waals surface area contributed by atoms with Gasteiger partial charge in [0.2, 0.25) is 5.91 Å². The van der Waals surface area contributed by atoms with Crippen LogP contribution in [-0.4, -0.2) is 41.4 Å². The Kier molecular flexibility index (Phi) is 6.07. The van der Waals surface area contributed by atoms with Gasteiger partial charge in [0, 0.05) is 21.6 Å². The molecule has 1 spiro atoms. The lowest BCUT2D eigenvalue weighted by molar-refractivity contribution is -0.158. The largest absolute Gasteiger partial charge is 0.465 e. The number of nitrogens with one attached hydrogen (secondary N) is 1. The van der Waals surface area contributed by atoms with Crippen molar-refractivity contribution in [1.82, 2.24) is 4.90 Å². The summed E-state index contributed by atoms with van der Waals surface area (Å²) in [5.74, 6) is -1.38. The van der Waals surface area contributed by atoms with Gasteiger partial charge in [-0.25, -0.2) is 4.90 Å². The van der Waals surface area contributed by atoms with Gasteiger partial charge in [0.1, 0.15) is 11.5 Å². The number of hydrogen-bond donors (Lipinski definition) is 1. The number of benzene rings is 4. The second-order valence-corrected chi connectivity index (χ2v) is 12.3. The molecular formula is C35H28BrN3O4. The lowest BCUT2D eigenvalue weighted by Crippen LogP contribution is -2.53. The first-order valence-corrected chi connectivity index (χ1v) is 15.3. The average molecular weight is 635 g/mol. The maximum atomic E-state index is 14.7. The highest BCUT2D eigenvalue weighted by molar-refractivity contribution is 9.10. The van der Waals surface area contributed by atoms with Gasteiger partial charge in [-0.1, -0.05) is 106 Å². The van der Waals surface area contributed by atoms with Crippen molar-refractivity contribution in [3.05, 3.63) is 135 Å². The fourth-order valence-electron chi connectivity index (χ4n) is 7.96. The zero-order valence-corrected chi connectivity index (χ0v) is 24.9. The van der Waals surface area contributed by atoms with Crippen molar-refractivity contribution in [1.29, 1.82) is 0 Å². The van der Waals surface area contributed by atoms with Crippen molar-refractivity contribution >= 4 is 39.2 Å². The van der Waals surface area contributed by atoms with Crippen molar-refractivity contribution in [2.24, 2.45) is 5.16 Å². The van der Waals surface area contributed by atoms with Crippen LogP contribution in [0.25, 0.3) is 0 Å². The summed E-state index contributed by atoms with van der Waals surface area (Å²) in [5, 5.41) is 7.85. The summed E-state index contributed by atoms with van der Waals surface area (Å²) in [5.41, 5.74) is 5.14. The van der Waals surface area contributed by atoms with Crippen LogP contribution in [0, 0.1) is 0 Å². The lowest BCUT2D eigenvalue weighted by atomic mass is 9.62. The number of carbonyl (C=O) groups is 2. The van der Waals surface area contributed by atoms with Gasteiger partial charge in [-0.3, -0.25) is 9.59 Å². The Morgan fingerprint density at radius 3 is 2.42 bits per heavy atom. The van der Waals surface area contributed by atoms with Crippen molar-refractivity contribution in [2.75, 3.05) is 11.9 Å². The van der Waals surface area contributed by atoms with Crippen LogP contribution in [0.1, 0.15) is 52.6 Å². The molecule has 8 rings (SSSR count). The Hall–Kier alpha value is -4.27. The summed E-state index contributed by atoms with van der Waals surface area (Å²) in [6, 6.07) is 32.6. The molecule has 1 N–H and O–H groups in total. The Morgan fingerprint density at radius 2 is 1.65 bits per heavy atom. The van der Waals surface area contributed by atoms with Crippen LogP contribution in [0.4, 0.5) is 5.69 Å². The number of para-hydroxylation sites is 1. The van der Waals surface area contributed by atoms with Gasteiger partial charge in [-0.15, -0.1) is 0 Å². The van der Waals surface area contributed by atoms with Crippen molar-refractivity contribution in [3.8, 4) is 0 Å². The third-order valence-electron chi connectivity index (χ3n) is 9.44. The van der Waals surface area contributed by atoms with Crippen LogP contribution in [0.5, 0.6) is 0 Å². The molecular weight excluding hydrogens is 606 g/mol. The zero-order valence-electron chi connectivity index (χ0n) is 23.3. The second kappa shape index (κ2) is 9.89. The number of ether oxygens (including phenoxy) is 1. The van der Waals surface area contributed by atoms with Gasteiger partial charge in [0.15, 0.2) is 6.23 Å². The molecule has 4 aliphatic heterocycles. The molecule has 0 aromatic heterocycles. The van der Waals surface area contributed by atoms with Gasteiger partial charge in [-0.2, -0.15) is 0 Å². The fourth-order valence-corrected chi connectivity index (χ4v) is 8.22. The fraction of sp³-hybridized carbons (Fsp3) is 0.229. The monoisotopic (exact) mass is 633 g/mol. The summed E-state index contributed by atoms with van der Waals surface area (Å²) >= 11 is 3.57. The zero-order chi connectivity index (χ0) is 29.3. The van der Waals surface area contributed by atoms with Crippen LogP contribution >= 0.6 is 15.9 Å². The molecule has 1 amide bonds. The van der Waals surface area contributed by atoms with Gasteiger partial charge < -0.3 is 14.9 Å². The Balaban J connectivity index is 1.44. The first-order chi connectivity index (χ1) is 21.1. The minimum atomic E-state index is -1.15. The maximum Gasteiger partial charge on any atom is 0.324 e. The molecule has 0 saturated carbocycles. The van der Waals surface area contributed by atoms with Crippen molar-refractivity contribution in [3.63, 3.8) is 0 Å². The number of halogens is 1. The Labute approximate surface area is 257 Å². The molecule has 214 valence electrons. The van der Waals surface area contributed by atoms with Gasteiger partial charge in [0.05, 0.1) is 24.3 Å². The number of amides is 1. The molecule has 4 aromatic rings. The SMILES string of the molecule is CCOC(=O)[C@H]1[C@@H](c2ccc(Br)cc2)[C@]2(C(=O)Nc3ccccc32)[C@@H]2c3ccccc3[C@H]3C(c4ccccc4)=NO[C@H]3N21. The summed E-state index contributed by atoms with van der Waals surface area (Å²) in [7, 11) is 0. The quantitative estimate of drug-likeness (QED) is 0.268. The minimum absolute atomic E-state index is 0.140. The molecule has 4 aliphatic rings. The summed E-state index contributed by atoms with van der Waals surface area (Å²) in [6.07, 6.45) is -0.623. The van der Waals surface area contributed by atoms with Crippen LogP contribution < -0.4 is 5.32 Å². The van der Waals surface area contributed by atoms with Gasteiger partial charge in [-0.05, 0) is 47.4 Å². The second-order valence-electron chi connectivity index (χ2n) is 11.4. The standard InChI is InChI=1S/C35H28BrN3O4/c1-2-42-33(40)30-28(20-16-18-22(36)19-17-20)35(25-14-8-9-15-26(25)37-34(35)41)31-24-13-7-6-12-23(24)27-29(21-10-4-3-5-11-21)38-43-32(27)39(30)31/h3-19,27-28,30-32H,2H2,1H3,(H,37,41)/t27-,28+,30+,31-,32+,35-/m0/s1. The number of fused-ring (bicyclic) bond motifs is 9. The summed E-state index contributed by atoms with van der Waals surface area (Å²) in [4.78, 5) is 37.4. The van der Waals surface area contributed by atoms with Crippen LogP contribution in [-0.2, 0) is 24.6 Å². The Bertz CT molecular complexity index is 1790. The maximum absolute atomic E-state index is 14.7. The molecule has 7 nitrogen and oxygen atoms in total. The van der Waals surface area contributed by atoms with Crippen LogP contribution in [0.15, 0.2) is 113 Å². The molecule has 0 radical (unpaired) electrons. The van der Waals surface area contributed by atoms with E-state index < -0.39 is 29.6 Å². The Morgan fingerprint density at radius 1 is 0.953 bits per heavy atom. The molecule has 1 fully saturated rings. The van der Waals surface area contributed by atoms with Crippen LogP contribution in [0.3, 0.4) is 0 Å². The highest BCUT2D eigenvalue weighted by atomic mass is 79.9. The van der Waals surface area contributed by atoms with E-state index in [1.807, 2.05) is 97.9 Å². The van der Waals surface area contributed by atoms with E-state index in [1.165, 1.54) is 0 Å². The van der Waals surface area contributed by atoms with Crippen LogP contribution in [0.2, 0.25) is 0 Å². The van der Waals surface area contributed by atoms with E-state index in [9.17, 15) is 9.59 Å². The van der Waals surface area contributed by atoms with Crippen molar-refractivity contribution < 1.29 is 19.2 Å². The normalized spacial score (nSPS) is 28.3. The third kappa shape index (κ3) is 3.60. The first-order valence-electron chi connectivity index (χ1n) is 14.5. The highest BCUT2D eigenvalue weighted by Gasteiger charge is 2.73. The number of oxime groups is 1. The van der Waals surface area contributed by atoms with E-state index in [1.54, 1.807) is 0 Å². The van der Waals surface area contributed by atoms with E-state index in [-0.39, 0.29) is 24.4 Å². The molecule has 0 bridgehead atoms. The van der Waals surface area contributed by atoms with E-state index in [0.29, 0.717) is 0 Å². The topological polar surface area (TPSA) is 80.2 Å². The molecule has 43 heavy (non-hydrogen) atoms. The predicted molar refractivity (Wildman–Crippen MR) is 166 cm³/mol. The van der Waals surface area contributed by atoms with E-state index >= 15 is 0 Å². The molecule has 1 saturated heterocycles. The molecule has 6 atom stereocenters. The molecule has 0 unspecified atom stereocenters. The number of nitrogens with zero attached hydrogens (tertiary/aromatic N) is 2. The predicted octanol–water partition coefficient (Wildman–Crippen LogP) is 6.27.